The second-order valence-corrected chi connectivity index (χ2v) is 7.98. The summed E-state index contributed by atoms with van der Waals surface area (Å²) in [7, 11) is 0. The van der Waals surface area contributed by atoms with Crippen LogP contribution in [-0.4, -0.2) is 33.4 Å². The van der Waals surface area contributed by atoms with Crippen LogP contribution in [0.4, 0.5) is 0 Å². The van der Waals surface area contributed by atoms with E-state index in [1.54, 1.807) is 0 Å². The van der Waals surface area contributed by atoms with E-state index in [4.69, 9.17) is 0 Å². The summed E-state index contributed by atoms with van der Waals surface area (Å²) in [4.78, 5) is 15.9. The second-order valence-electron chi connectivity index (χ2n) is 7.02. The summed E-state index contributed by atoms with van der Waals surface area (Å²) in [6, 6.07) is 4.54. The summed E-state index contributed by atoms with van der Waals surface area (Å²) in [5, 5.41) is 10.1. The number of hydrogen-bond acceptors (Lipinski definition) is 4. The van der Waals surface area contributed by atoms with Crippen LogP contribution in [-0.2, 0) is 16.6 Å². The molecule has 0 fully saturated rings. The molecule has 1 heterocycles. The fourth-order valence-electron chi connectivity index (χ4n) is 2.60. The molecule has 6 heteroatoms. The van der Waals surface area contributed by atoms with Crippen LogP contribution in [0.15, 0.2) is 23.6 Å². The van der Waals surface area contributed by atoms with Crippen molar-refractivity contribution in [1.29, 1.82) is 0 Å². The molecule has 130 valence electrons. The average molecular weight is 346 g/mol. The lowest BCUT2D eigenvalue weighted by atomic mass is 9.83. The van der Waals surface area contributed by atoms with Crippen molar-refractivity contribution in [3.63, 3.8) is 0 Å². The second kappa shape index (κ2) is 7.83. The molecule has 0 bridgehead atoms. The fraction of sp³-hybridized carbons (Fsp3) is 0.500. The van der Waals surface area contributed by atoms with Crippen molar-refractivity contribution in [2.24, 2.45) is 0 Å². The molecule has 0 saturated heterocycles. The van der Waals surface area contributed by atoms with Gasteiger partial charge in [0.25, 0.3) is 0 Å². The smallest absolute Gasteiger partial charge is 0.230 e. The first-order valence-electron chi connectivity index (χ1n) is 8.13. The van der Waals surface area contributed by atoms with Crippen molar-refractivity contribution in [3.05, 3.63) is 40.7 Å². The Morgan fingerprint density at radius 1 is 1.25 bits per heavy atom. The zero-order chi connectivity index (χ0) is 17.7. The zero-order valence-electron chi connectivity index (χ0n) is 15.1. The number of H-pyrrole nitrogens is 1. The van der Waals surface area contributed by atoms with Gasteiger partial charge in [0.15, 0.2) is 5.16 Å². The Labute approximate surface area is 148 Å². The van der Waals surface area contributed by atoms with Gasteiger partial charge in [-0.05, 0) is 47.9 Å². The SMILES string of the molecule is Cc1cc(C(C)(C)C)cc(C)c1CCNC(=O)CSc1ncn[nH]1. The number of nitrogens with one attached hydrogen (secondary N) is 2. The van der Waals surface area contributed by atoms with Gasteiger partial charge in [-0.2, -0.15) is 5.10 Å². The number of aryl methyl sites for hydroxylation is 2. The number of carbonyl (C=O) groups is 1. The number of aromatic nitrogens is 3. The summed E-state index contributed by atoms with van der Waals surface area (Å²) < 4.78 is 0. The molecule has 0 aliphatic rings. The van der Waals surface area contributed by atoms with Crippen LogP contribution >= 0.6 is 11.8 Å². The van der Waals surface area contributed by atoms with E-state index < -0.39 is 0 Å². The highest BCUT2D eigenvalue weighted by molar-refractivity contribution is 7.99. The molecule has 1 aromatic heterocycles. The molecule has 0 aliphatic heterocycles. The maximum atomic E-state index is 11.9. The topological polar surface area (TPSA) is 70.7 Å². The molecule has 24 heavy (non-hydrogen) atoms. The van der Waals surface area contributed by atoms with Crippen molar-refractivity contribution in [2.45, 2.75) is 51.6 Å². The van der Waals surface area contributed by atoms with E-state index >= 15 is 0 Å². The Bertz CT molecular complexity index is 667. The van der Waals surface area contributed by atoms with Crippen LogP contribution in [0.5, 0.6) is 0 Å². The standard InChI is InChI=1S/C18H26N4OS/c1-12-8-14(18(3,4)5)9-13(2)15(12)6-7-19-16(23)10-24-17-20-11-21-22-17/h8-9,11H,6-7,10H2,1-5H3,(H,19,23)(H,20,21,22). The molecule has 0 spiro atoms. The molecular weight excluding hydrogens is 320 g/mol. The van der Waals surface area contributed by atoms with Crippen LogP contribution in [0.2, 0.25) is 0 Å². The largest absolute Gasteiger partial charge is 0.355 e. The lowest BCUT2D eigenvalue weighted by Gasteiger charge is -2.22. The number of rotatable bonds is 6. The third-order valence-corrected chi connectivity index (χ3v) is 4.87. The Balaban J connectivity index is 1.86. The van der Waals surface area contributed by atoms with Crippen molar-refractivity contribution >= 4 is 17.7 Å². The van der Waals surface area contributed by atoms with Gasteiger partial charge in [0.1, 0.15) is 6.33 Å². The highest BCUT2D eigenvalue weighted by Gasteiger charge is 2.16. The van der Waals surface area contributed by atoms with Gasteiger partial charge in [-0.25, -0.2) is 4.98 Å². The van der Waals surface area contributed by atoms with E-state index in [-0.39, 0.29) is 11.3 Å². The summed E-state index contributed by atoms with van der Waals surface area (Å²) in [5.41, 5.74) is 5.43. The van der Waals surface area contributed by atoms with Gasteiger partial charge < -0.3 is 5.32 Å². The molecule has 0 radical (unpaired) electrons. The third-order valence-electron chi connectivity index (χ3n) is 3.99. The summed E-state index contributed by atoms with van der Waals surface area (Å²) >= 11 is 1.35. The van der Waals surface area contributed by atoms with Crippen LogP contribution in [0.1, 0.15) is 43.0 Å². The predicted octanol–water partition coefficient (Wildman–Crippen LogP) is 3.17. The van der Waals surface area contributed by atoms with E-state index in [0.717, 1.165) is 6.42 Å². The van der Waals surface area contributed by atoms with E-state index in [0.29, 0.717) is 17.5 Å². The van der Waals surface area contributed by atoms with E-state index in [1.165, 1.54) is 40.3 Å². The number of aromatic amines is 1. The number of hydrogen-bond donors (Lipinski definition) is 2. The van der Waals surface area contributed by atoms with Gasteiger partial charge >= 0.3 is 0 Å². The number of nitrogens with zero attached hydrogens (tertiary/aromatic N) is 2. The molecule has 2 rings (SSSR count). The summed E-state index contributed by atoms with van der Waals surface area (Å²) in [6.07, 6.45) is 2.29. The quantitative estimate of drug-likeness (QED) is 0.788. The number of benzene rings is 1. The van der Waals surface area contributed by atoms with Gasteiger partial charge in [0.2, 0.25) is 5.91 Å². The Morgan fingerprint density at radius 2 is 1.92 bits per heavy atom. The highest BCUT2D eigenvalue weighted by Crippen LogP contribution is 2.27. The maximum absolute atomic E-state index is 11.9. The highest BCUT2D eigenvalue weighted by atomic mass is 32.2. The molecule has 0 aliphatic carbocycles. The normalized spacial score (nSPS) is 11.5. The lowest BCUT2D eigenvalue weighted by Crippen LogP contribution is -2.27. The first kappa shape index (κ1) is 18.5. The number of thioether (sulfide) groups is 1. The molecule has 1 amide bonds. The van der Waals surface area contributed by atoms with Gasteiger partial charge in [-0.15, -0.1) is 0 Å². The van der Waals surface area contributed by atoms with Crippen molar-refractivity contribution in [2.75, 3.05) is 12.3 Å². The Hall–Kier alpha value is -1.82. The maximum Gasteiger partial charge on any atom is 0.230 e. The van der Waals surface area contributed by atoms with E-state index in [1.807, 2.05) is 0 Å². The lowest BCUT2D eigenvalue weighted by molar-refractivity contribution is -0.118. The summed E-state index contributed by atoms with van der Waals surface area (Å²) in [6.45, 7) is 11.6. The minimum Gasteiger partial charge on any atom is -0.355 e. The molecular formula is C18H26N4OS. The van der Waals surface area contributed by atoms with Crippen molar-refractivity contribution in [1.82, 2.24) is 20.5 Å². The predicted molar refractivity (Wildman–Crippen MR) is 98.4 cm³/mol. The Kier molecular flexibility index (Phi) is 6.04. The van der Waals surface area contributed by atoms with Gasteiger partial charge in [-0.1, -0.05) is 44.7 Å². The molecule has 5 nitrogen and oxygen atoms in total. The van der Waals surface area contributed by atoms with Crippen LogP contribution in [0.25, 0.3) is 0 Å². The first-order valence-corrected chi connectivity index (χ1v) is 9.11. The third kappa shape index (κ3) is 5.09. The van der Waals surface area contributed by atoms with Crippen LogP contribution in [0.3, 0.4) is 0 Å². The zero-order valence-corrected chi connectivity index (χ0v) is 15.9. The molecule has 0 atom stereocenters. The molecule has 0 saturated carbocycles. The molecule has 0 unspecified atom stereocenters. The van der Waals surface area contributed by atoms with Crippen LogP contribution in [0, 0.1) is 13.8 Å². The Morgan fingerprint density at radius 3 is 2.46 bits per heavy atom. The average Bonchev–Trinajstić information content (AvgIpc) is 3.00. The minimum atomic E-state index is 0.0121. The molecule has 2 N–H and O–H groups in total. The monoisotopic (exact) mass is 346 g/mol. The minimum absolute atomic E-state index is 0.0121. The molecule has 1 aromatic carbocycles. The molecule has 2 aromatic rings. The van der Waals surface area contributed by atoms with Gasteiger partial charge in [0.05, 0.1) is 5.75 Å². The van der Waals surface area contributed by atoms with Crippen molar-refractivity contribution in [3.8, 4) is 0 Å². The van der Waals surface area contributed by atoms with Crippen molar-refractivity contribution < 1.29 is 4.79 Å². The van der Waals surface area contributed by atoms with Gasteiger partial charge in [0, 0.05) is 6.54 Å². The first-order chi connectivity index (χ1) is 11.3. The van der Waals surface area contributed by atoms with E-state index in [9.17, 15) is 4.79 Å². The van der Waals surface area contributed by atoms with Crippen LogP contribution < -0.4 is 5.32 Å². The van der Waals surface area contributed by atoms with Gasteiger partial charge in [-0.3, -0.25) is 9.89 Å². The number of carbonyl (C=O) groups excluding carboxylic acids is 1. The van der Waals surface area contributed by atoms with E-state index in [2.05, 4.69) is 67.2 Å². The number of amides is 1. The fourth-order valence-corrected chi connectivity index (χ4v) is 3.21. The summed E-state index contributed by atoms with van der Waals surface area (Å²) in [5.74, 6) is 0.355.